The Morgan fingerprint density at radius 1 is 1.36 bits per heavy atom. The van der Waals surface area contributed by atoms with Crippen LogP contribution in [0.1, 0.15) is 5.56 Å². The Balaban J connectivity index is 3.08. The number of rotatable bonds is 1. The Hall–Kier alpha value is -0.840. The van der Waals surface area contributed by atoms with Gasteiger partial charge < -0.3 is 4.55 Å². The van der Waals surface area contributed by atoms with Gasteiger partial charge in [0.2, 0.25) is 0 Å². The highest BCUT2D eigenvalue weighted by Gasteiger charge is 1.90. The Morgan fingerprint density at radius 3 is 2.36 bits per heavy atom. The van der Waals surface area contributed by atoms with Crippen molar-refractivity contribution in [2.75, 3.05) is 0 Å². The largest absolute Gasteiger partial charge is 0.302 e. The lowest BCUT2D eigenvalue weighted by molar-refractivity contribution is 0.561. The van der Waals surface area contributed by atoms with E-state index in [0.29, 0.717) is 5.56 Å². The van der Waals surface area contributed by atoms with Crippen molar-refractivity contribution in [3.8, 4) is 0 Å². The molecule has 0 heterocycles. The first kappa shape index (κ1) is 8.26. The molecule has 0 saturated heterocycles. The molecule has 1 aromatic carbocycles. The van der Waals surface area contributed by atoms with Crippen LogP contribution < -0.4 is 5.14 Å². The van der Waals surface area contributed by atoms with Gasteiger partial charge in [0, 0.05) is 5.37 Å². The summed E-state index contributed by atoms with van der Waals surface area (Å²) in [6.45, 7) is 0. The first-order valence-corrected chi connectivity index (χ1v) is 4.66. The van der Waals surface area contributed by atoms with E-state index < -0.39 is 9.99 Å². The minimum absolute atomic E-state index is 0.655. The zero-order valence-electron chi connectivity index (χ0n) is 5.81. The van der Waals surface area contributed by atoms with Gasteiger partial charge in [0.15, 0.2) is 0 Å². The topological polar surface area (TPSA) is 63.3 Å². The van der Waals surface area contributed by atoms with Gasteiger partial charge in [-0.3, -0.25) is 0 Å². The molecule has 0 amide bonds. The monoisotopic (exact) mass is 171 g/mol. The van der Waals surface area contributed by atoms with Gasteiger partial charge >= 0.3 is 0 Å². The van der Waals surface area contributed by atoms with Crippen molar-refractivity contribution in [2.45, 2.75) is 0 Å². The molecule has 1 aromatic rings. The summed E-state index contributed by atoms with van der Waals surface area (Å²) in [7, 11) is -3.25. The van der Waals surface area contributed by atoms with Gasteiger partial charge in [0.25, 0.3) is 0 Å². The van der Waals surface area contributed by atoms with E-state index in [1.54, 1.807) is 24.3 Å². The van der Waals surface area contributed by atoms with Crippen molar-refractivity contribution in [3.63, 3.8) is 0 Å². The average Bonchev–Trinajstić information content (AvgIpc) is 1.85. The fraction of sp³-hybridized carbons (Fsp3) is 0. The van der Waals surface area contributed by atoms with Gasteiger partial charge in [0.1, 0.15) is 9.99 Å². The summed E-state index contributed by atoms with van der Waals surface area (Å²) in [5.74, 6) is 0. The first-order chi connectivity index (χ1) is 5.08. The Labute approximate surface area is 65.8 Å². The number of benzene rings is 1. The van der Waals surface area contributed by atoms with Gasteiger partial charge in [0.05, 0.1) is 0 Å². The lowest BCUT2D eigenvalue weighted by Crippen LogP contribution is -2.13. The SMILES string of the molecule is NS(=O)(O)=Cc1ccccc1. The number of hydrogen-bond donors (Lipinski definition) is 2. The van der Waals surface area contributed by atoms with Crippen molar-refractivity contribution < 1.29 is 8.76 Å². The quantitative estimate of drug-likeness (QED) is 0.603. The van der Waals surface area contributed by atoms with E-state index in [9.17, 15) is 4.21 Å². The Morgan fingerprint density at radius 2 is 1.91 bits per heavy atom. The standard InChI is InChI=1S/C7H9NO2S/c8-11(9,10)6-7-4-2-1-3-5-7/h1-6H,(H3,8,9,10). The van der Waals surface area contributed by atoms with Crippen LogP contribution >= 0.6 is 0 Å². The van der Waals surface area contributed by atoms with Crippen molar-refractivity contribution in [3.05, 3.63) is 35.9 Å². The fourth-order valence-electron chi connectivity index (χ4n) is 0.727. The van der Waals surface area contributed by atoms with Gasteiger partial charge in [-0.1, -0.05) is 30.3 Å². The normalized spacial score (nSPS) is 15.5. The molecule has 0 saturated carbocycles. The highest BCUT2D eigenvalue weighted by molar-refractivity contribution is 7.94. The van der Waals surface area contributed by atoms with Gasteiger partial charge in [-0.15, -0.1) is 0 Å². The molecular formula is C7H9NO2S. The summed E-state index contributed by atoms with van der Waals surface area (Å²) in [6, 6.07) is 8.80. The summed E-state index contributed by atoms with van der Waals surface area (Å²) in [6.07, 6.45) is 0. The van der Waals surface area contributed by atoms with Crippen molar-refractivity contribution in [1.82, 2.24) is 0 Å². The Kier molecular flexibility index (Phi) is 2.28. The molecule has 0 bridgehead atoms. The molecule has 4 heteroatoms. The summed E-state index contributed by atoms with van der Waals surface area (Å²) in [5, 5.41) is 6.03. The third kappa shape index (κ3) is 3.18. The summed E-state index contributed by atoms with van der Waals surface area (Å²) in [5.41, 5.74) is 0.655. The van der Waals surface area contributed by atoms with Crippen LogP contribution in [0.5, 0.6) is 0 Å². The van der Waals surface area contributed by atoms with Crippen LogP contribution in [0.4, 0.5) is 0 Å². The van der Waals surface area contributed by atoms with Crippen LogP contribution in [0.3, 0.4) is 0 Å². The number of nitrogens with two attached hydrogens (primary N) is 1. The summed E-state index contributed by atoms with van der Waals surface area (Å²) >= 11 is 0. The van der Waals surface area contributed by atoms with E-state index in [0.717, 1.165) is 5.37 Å². The van der Waals surface area contributed by atoms with Crippen LogP contribution in [0.25, 0.3) is 0 Å². The predicted octanol–water partition coefficient (Wildman–Crippen LogP) is 0.468. The van der Waals surface area contributed by atoms with E-state index in [1.165, 1.54) is 0 Å². The molecular weight excluding hydrogens is 162 g/mol. The minimum atomic E-state index is -3.25. The van der Waals surface area contributed by atoms with Crippen molar-refractivity contribution in [2.24, 2.45) is 5.14 Å². The summed E-state index contributed by atoms with van der Waals surface area (Å²) < 4.78 is 19.4. The number of hydrogen-bond acceptors (Lipinski definition) is 1. The van der Waals surface area contributed by atoms with Crippen LogP contribution in [-0.2, 0) is 9.99 Å². The van der Waals surface area contributed by atoms with Crippen LogP contribution in [0.2, 0.25) is 0 Å². The maximum Gasteiger partial charge on any atom is 0.143 e. The van der Waals surface area contributed by atoms with E-state index >= 15 is 0 Å². The molecule has 0 fully saturated rings. The molecule has 0 radical (unpaired) electrons. The highest BCUT2D eigenvalue weighted by atomic mass is 32.2. The maximum absolute atomic E-state index is 10.6. The van der Waals surface area contributed by atoms with Gasteiger partial charge in [-0.05, 0) is 5.56 Å². The molecule has 3 N–H and O–H groups in total. The van der Waals surface area contributed by atoms with Gasteiger partial charge in [-0.2, -0.15) is 0 Å². The van der Waals surface area contributed by atoms with E-state index in [-0.39, 0.29) is 0 Å². The van der Waals surface area contributed by atoms with Crippen molar-refractivity contribution in [1.29, 1.82) is 0 Å². The molecule has 60 valence electrons. The maximum atomic E-state index is 10.6. The molecule has 0 spiro atoms. The second-order valence-electron chi connectivity index (χ2n) is 2.14. The zero-order chi connectivity index (χ0) is 8.32. The minimum Gasteiger partial charge on any atom is -0.302 e. The molecule has 0 aliphatic heterocycles. The molecule has 11 heavy (non-hydrogen) atoms. The van der Waals surface area contributed by atoms with E-state index in [2.05, 4.69) is 0 Å². The van der Waals surface area contributed by atoms with Crippen LogP contribution in [-0.4, -0.2) is 14.1 Å². The lowest BCUT2D eigenvalue weighted by Gasteiger charge is -1.93. The molecule has 0 aliphatic carbocycles. The average molecular weight is 171 g/mol. The zero-order valence-corrected chi connectivity index (χ0v) is 6.62. The predicted molar refractivity (Wildman–Crippen MR) is 46.6 cm³/mol. The summed E-state index contributed by atoms with van der Waals surface area (Å²) in [4.78, 5) is 0. The molecule has 1 atom stereocenters. The second-order valence-corrected chi connectivity index (χ2v) is 3.61. The lowest BCUT2D eigenvalue weighted by atomic mass is 10.2. The van der Waals surface area contributed by atoms with E-state index in [1.807, 2.05) is 6.07 Å². The van der Waals surface area contributed by atoms with E-state index in [4.69, 9.17) is 9.69 Å². The highest BCUT2D eigenvalue weighted by Crippen LogP contribution is 1.94. The van der Waals surface area contributed by atoms with Crippen LogP contribution in [0, 0.1) is 0 Å². The molecule has 1 rings (SSSR count). The second kappa shape index (κ2) is 3.04. The third-order valence-electron chi connectivity index (χ3n) is 1.10. The molecule has 1 unspecified atom stereocenters. The molecule has 0 aromatic heterocycles. The van der Waals surface area contributed by atoms with Gasteiger partial charge in [-0.25, -0.2) is 9.35 Å². The molecule has 3 nitrogen and oxygen atoms in total. The van der Waals surface area contributed by atoms with Crippen LogP contribution in [0.15, 0.2) is 30.3 Å². The van der Waals surface area contributed by atoms with Crippen molar-refractivity contribution >= 4 is 15.4 Å². The first-order valence-electron chi connectivity index (χ1n) is 3.02. The smallest absolute Gasteiger partial charge is 0.143 e. The Bertz CT molecular complexity index is 331. The third-order valence-corrected chi connectivity index (χ3v) is 1.71. The fourth-order valence-corrected chi connectivity index (χ4v) is 1.27. The molecule has 0 aliphatic rings.